The maximum absolute atomic E-state index is 10.8. The molecule has 0 bridgehead atoms. The minimum absolute atomic E-state index is 0.252. The highest BCUT2D eigenvalue weighted by atomic mass is 16.4. The van der Waals surface area contributed by atoms with Gasteiger partial charge in [0, 0.05) is 11.4 Å². The first-order valence-corrected chi connectivity index (χ1v) is 5.57. The van der Waals surface area contributed by atoms with Crippen LogP contribution < -0.4 is 5.32 Å². The van der Waals surface area contributed by atoms with Crippen LogP contribution >= 0.6 is 0 Å². The normalized spacial score (nSPS) is 12.2. The Morgan fingerprint density at radius 3 is 2.24 bits per heavy atom. The van der Waals surface area contributed by atoms with E-state index in [1.165, 1.54) is 0 Å². The van der Waals surface area contributed by atoms with Crippen LogP contribution in [0.2, 0.25) is 0 Å². The summed E-state index contributed by atoms with van der Waals surface area (Å²) >= 11 is 0. The van der Waals surface area contributed by atoms with E-state index in [1.54, 1.807) is 0 Å². The van der Waals surface area contributed by atoms with Crippen molar-refractivity contribution in [2.75, 3.05) is 11.9 Å². The number of aryl methyl sites for hydroxylation is 2. The number of aliphatic carboxylic acids is 1. The van der Waals surface area contributed by atoms with Crippen LogP contribution in [-0.2, 0) is 17.6 Å². The van der Waals surface area contributed by atoms with Crippen LogP contribution in [0.25, 0.3) is 0 Å². The number of carboxylic acid groups (broad SMARTS) is 1. The summed E-state index contributed by atoms with van der Waals surface area (Å²) in [6.07, 6.45) is 1.50. The second-order valence-electron chi connectivity index (χ2n) is 3.60. The summed E-state index contributed by atoms with van der Waals surface area (Å²) in [6, 6.07) is 0.812. The number of nitrogens with zero attached hydrogens (tertiary/aromatic N) is 2. The van der Waals surface area contributed by atoms with Crippen LogP contribution in [0.3, 0.4) is 0 Å². The molecule has 0 aliphatic heterocycles. The Hall–Kier alpha value is -1.69. The minimum atomic E-state index is -1.13. The maximum Gasteiger partial charge on any atom is 0.328 e. The molecule has 0 aliphatic carbocycles. The summed E-state index contributed by atoms with van der Waals surface area (Å²) in [5, 5.41) is 20.3. The van der Waals surface area contributed by atoms with Gasteiger partial charge >= 0.3 is 5.97 Å². The molecule has 3 N–H and O–H groups in total. The van der Waals surface area contributed by atoms with E-state index in [1.807, 2.05) is 19.9 Å². The van der Waals surface area contributed by atoms with Gasteiger partial charge in [-0.3, -0.25) is 0 Å². The number of aliphatic hydroxyl groups is 1. The third kappa shape index (κ3) is 3.67. The van der Waals surface area contributed by atoms with E-state index < -0.39 is 18.6 Å². The fourth-order valence-electron chi connectivity index (χ4n) is 1.32. The van der Waals surface area contributed by atoms with Crippen molar-refractivity contribution in [2.45, 2.75) is 32.7 Å². The van der Waals surface area contributed by atoms with E-state index in [-0.39, 0.29) is 5.95 Å². The Morgan fingerprint density at radius 1 is 1.35 bits per heavy atom. The summed E-state index contributed by atoms with van der Waals surface area (Å²) in [5.74, 6) is -0.876. The van der Waals surface area contributed by atoms with Crippen molar-refractivity contribution in [1.82, 2.24) is 9.97 Å². The lowest BCUT2D eigenvalue weighted by molar-refractivity contribution is -0.138. The van der Waals surface area contributed by atoms with Gasteiger partial charge < -0.3 is 15.5 Å². The standard InChI is InChI=1S/C11H17N3O3/c1-3-7-5-8(4-2)13-11(12-7)14-9(6-15)10(16)17/h5,9,15H,3-4,6H2,1-2H3,(H,16,17)(H,12,13,14)/t9-/m0/s1. The summed E-state index contributed by atoms with van der Waals surface area (Å²) in [5.41, 5.74) is 1.70. The third-order valence-electron chi connectivity index (χ3n) is 2.34. The molecule has 0 unspecified atom stereocenters. The first kappa shape index (κ1) is 13.4. The Labute approximate surface area is 99.7 Å². The van der Waals surface area contributed by atoms with Crippen molar-refractivity contribution >= 4 is 11.9 Å². The average molecular weight is 239 g/mol. The van der Waals surface area contributed by atoms with Crippen LogP contribution in [0.1, 0.15) is 25.2 Å². The SMILES string of the molecule is CCc1cc(CC)nc(N[C@@H](CO)C(=O)O)n1. The van der Waals surface area contributed by atoms with Gasteiger partial charge in [0.15, 0.2) is 6.04 Å². The van der Waals surface area contributed by atoms with Crippen molar-refractivity contribution in [3.63, 3.8) is 0 Å². The predicted molar refractivity (Wildman–Crippen MR) is 62.9 cm³/mol. The second-order valence-corrected chi connectivity index (χ2v) is 3.60. The molecular formula is C11H17N3O3. The van der Waals surface area contributed by atoms with Gasteiger partial charge in [-0.2, -0.15) is 0 Å². The number of hydrogen-bond donors (Lipinski definition) is 3. The predicted octanol–water partition coefficient (Wildman–Crippen LogP) is 0.459. The largest absolute Gasteiger partial charge is 0.480 e. The second kappa shape index (κ2) is 6.15. The molecule has 0 fully saturated rings. The lowest BCUT2D eigenvalue weighted by Crippen LogP contribution is -2.33. The summed E-state index contributed by atoms with van der Waals surface area (Å²) in [6.45, 7) is 3.43. The molecule has 6 nitrogen and oxygen atoms in total. The molecule has 0 saturated heterocycles. The fraction of sp³-hybridized carbons (Fsp3) is 0.545. The van der Waals surface area contributed by atoms with Crippen molar-refractivity contribution in [2.24, 2.45) is 0 Å². The zero-order valence-corrected chi connectivity index (χ0v) is 9.97. The van der Waals surface area contributed by atoms with Crippen molar-refractivity contribution in [3.05, 3.63) is 17.5 Å². The van der Waals surface area contributed by atoms with E-state index in [4.69, 9.17) is 10.2 Å². The molecular weight excluding hydrogens is 222 g/mol. The molecule has 1 heterocycles. The molecule has 1 rings (SSSR count). The minimum Gasteiger partial charge on any atom is -0.480 e. The molecule has 17 heavy (non-hydrogen) atoms. The number of aromatic nitrogens is 2. The van der Waals surface area contributed by atoms with E-state index >= 15 is 0 Å². The monoisotopic (exact) mass is 239 g/mol. The Bertz CT molecular complexity index is 373. The van der Waals surface area contributed by atoms with Crippen molar-refractivity contribution in [1.29, 1.82) is 0 Å². The summed E-state index contributed by atoms with van der Waals surface area (Å²) in [7, 11) is 0. The van der Waals surface area contributed by atoms with Gasteiger partial charge in [-0.25, -0.2) is 14.8 Å². The number of hydrogen-bond acceptors (Lipinski definition) is 5. The Morgan fingerprint density at radius 2 is 1.88 bits per heavy atom. The molecule has 6 heteroatoms. The molecule has 0 saturated carbocycles. The molecule has 0 amide bonds. The van der Waals surface area contributed by atoms with E-state index in [0.717, 1.165) is 24.2 Å². The molecule has 0 radical (unpaired) electrons. The van der Waals surface area contributed by atoms with Crippen LogP contribution in [0, 0.1) is 0 Å². The highest BCUT2D eigenvalue weighted by Gasteiger charge is 2.17. The van der Waals surface area contributed by atoms with Crippen LogP contribution in [-0.4, -0.2) is 38.8 Å². The van der Waals surface area contributed by atoms with Gasteiger partial charge in [-0.15, -0.1) is 0 Å². The average Bonchev–Trinajstić information content (AvgIpc) is 2.34. The molecule has 1 atom stereocenters. The van der Waals surface area contributed by atoms with Gasteiger partial charge in [0.1, 0.15) is 0 Å². The first-order chi connectivity index (χ1) is 8.10. The van der Waals surface area contributed by atoms with Gasteiger partial charge in [0.05, 0.1) is 6.61 Å². The number of aliphatic hydroxyl groups excluding tert-OH is 1. The molecule has 0 aromatic carbocycles. The van der Waals surface area contributed by atoms with Crippen molar-refractivity contribution in [3.8, 4) is 0 Å². The van der Waals surface area contributed by atoms with Crippen molar-refractivity contribution < 1.29 is 15.0 Å². The van der Waals surface area contributed by atoms with E-state index in [9.17, 15) is 4.79 Å². The van der Waals surface area contributed by atoms with Gasteiger partial charge in [-0.05, 0) is 18.9 Å². The summed E-state index contributed by atoms with van der Waals surface area (Å²) < 4.78 is 0. The number of anilines is 1. The third-order valence-corrected chi connectivity index (χ3v) is 2.34. The Kier molecular flexibility index (Phi) is 4.84. The van der Waals surface area contributed by atoms with E-state index in [0.29, 0.717) is 0 Å². The van der Waals surface area contributed by atoms with Crippen LogP contribution in [0.15, 0.2) is 6.07 Å². The van der Waals surface area contributed by atoms with Gasteiger partial charge in [0.25, 0.3) is 0 Å². The highest BCUT2D eigenvalue weighted by molar-refractivity contribution is 5.76. The lowest BCUT2D eigenvalue weighted by Gasteiger charge is -2.13. The molecule has 94 valence electrons. The fourth-order valence-corrected chi connectivity index (χ4v) is 1.32. The van der Waals surface area contributed by atoms with Crippen LogP contribution in [0.5, 0.6) is 0 Å². The summed E-state index contributed by atoms with van der Waals surface area (Å²) in [4.78, 5) is 19.1. The van der Waals surface area contributed by atoms with Gasteiger partial charge in [-0.1, -0.05) is 13.8 Å². The molecule has 0 aliphatic rings. The molecule has 0 spiro atoms. The number of rotatable bonds is 6. The zero-order valence-electron chi connectivity index (χ0n) is 9.97. The van der Waals surface area contributed by atoms with E-state index in [2.05, 4.69) is 15.3 Å². The number of carboxylic acids is 1. The number of carbonyl (C=O) groups is 1. The molecule has 1 aromatic heterocycles. The Balaban J connectivity index is 2.92. The first-order valence-electron chi connectivity index (χ1n) is 5.57. The maximum atomic E-state index is 10.8. The number of nitrogens with one attached hydrogen (secondary N) is 1. The smallest absolute Gasteiger partial charge is 0.328 e. The van der Waals surface area contributed by atoms with Crippen LogP contribution in [0.4, 0.5) is 5.95 Å². The zero-order chi connectivity index (χ0) is 12.8. The van der Waals surface area contributed by atoms with Gasteiger partial charge in [0.2, 0.25) is 5.95 Å². The lowest BCUT2D eigenvalue weighted by atomic mass is 10.2. The quantitative estimate of drug-likeness (QED) is 0.667. The highest BCUT2D eigenvalue weighted by Crippen LogP contribution is 2.08. The topological polar surface area (TPSA) is 95.3 Å². The molecule has 1 aromatic rings.